The fourth-order valence-corrected chi connectivity index (χ4v) is 0.385. The van der Waals surface area contributed by atoms with E-state index in [9.17, 15) is 9.59 Å². The maximum Gasteiger partial charge on any atom is 0.335 e. The third-order valence-corrected chi connectivity index (χ3v) is 1.00. The van der Waals surface area contributed by atoms with Crippen LogP contribution in [0.5, 0.6) is 0 Å². The molecule has 11 heavy (non-hydrogen) atoms. The maximum absolute atomic E-state index is 10.2. The van der Waals surface area contributed by atoms with E-state index in [4.69, 9.17) is 10.2 Å². The van der Waals surface area contributed by atoms with Crippen molar-refractivity contribution in [1.29, 1.82) is 0 Å². The molecule has 0 aliphatic carbocycles. The Hall–Kier alpha value is -1.58. The predicted octanol–water partition coefficient (Wildman–Crippen LogP) is 0.658. The van der Waals surface area contributed by atoms with Crippen molar-refractivity contribution in [2.24, 2.45) is 0 Å². The SMILES string of the molecule is C=C(/C=C(/C)C(=O)O)C(=O)O. The van der Waals surface area contributed by atoms with E-state index in [0.717, 1.165) is 6.08 Å². The van der Waals surface area contributed by atoms with Crippen molar-refractivity contribution in [3.05, 3.63) is 23.8 Å². The average molecular weight is 156 g/mol. The lowest BCUT2D eigenvalue weighted by Gasteiger charge is -1.92. The van der Waals surface area contributed by atoms with Gasteiger partial charge in [0.2, 0.25) is 0 Å². The molecule has 0 saturated carbocycles. The van der Waals surface area contributed by atoms with Gasteiger partial charge in [0.25, 0.3) is 0 Å². The first-order chi connectivity index (χ1) is 4.95. The van der Waals surface area contributed by atoms with Gasteiger partial charge in [-0.25, -0.2) is 9.59 Å². The number of hydrogen-bond acceptors (Lipinski definition) is 2. The molecule has 2 N–H and O–H groups in total. The van der Waals surface area contributed by atoms with Crippen molar-refractivity contribution in [1.82, 2.24) is 0 Å². The molecular formula is C7H8O4. The zero-order valence-electron chi connectivity index (χ0n) is 6.00. The van der Waals surface area contributed by atoms with E-state index < -0.39 is 11.9 Å². The first-order valence-corrected chi connectivity index (χ1v) is 2.79. The average Bonchev–Trinajstić information content (AvgIpc) is 1.87. The number of hydrogen-bond donors (Lipinski definition) is 2. The standard InChI is InChI=1S/C7H8O4/c1-4(6(8)9)3-5(2)7(10)11/h3H,1H2,2H3,(H,8,9)(H,10,11)/b5-3-. The molecule has 0 aromatic heterocycles. The van der Waals surface area contributed by atoms with Crippen LogP contribution < -0.4 is 0 Å². The highest BCUT2D eigenvalue weighted by atomic mass is 16.4. The number of carbonyl (C=O) groups is 2. The van der Waals surface area contributed by atoms with Gasteiger partial charge in [-0.3, -0.25) is 0 Å². The summed E-state index contributed by atoms with van der Waals surface area (Å²) in [6, 6.07) is 0. The first kappa shape index (κ1) is 9.42. The van der Waals surface area contributed by atoms with Crippen molar-refractivity contribution in [3.63, 3.8) is 0 Å². The van der Waals surface area contributed by atoms with Crippen LogP contribution in [0.15, 0.2) is 23.8 Å². The molecule has 0 spiro atoms. The minimum atomic E-state index is -1.22. The molecule has 0 aliphatic heterocycles. The Morgan fingerprint density at radius 3 is 2.00 bits per heavy atom. The molecule has 0 aliphatic rings. The van der Waals surface area contributed by atoms with Gasteiger partial charge >= 0.3 is 11.9 Å². The van der Waals surface area contributed by atoms with Crippen molar-refractivity contribution in [3.8, 4) is 0 Å². The number of carboxylic acid groups (broad SMARTS) is 2. The van der Waals surface area contributed by atoms with Gasteiger partial charge in [0.1, 0.15) is 0 Å². The summed E-state index contributed by atoms with van der Waals surface area (Å²) in [5, 5.41) is 16.6. The third kappa shape index (κ3) is 3.20. The molecule has 0 unspecified atom stereocenters. The summed E-state index contributed by atoms with van der Waals surface area (Å²) in [5.41, 5.74) is -0.276. The number of aliphatic carboxylic acids is 2. The van der Waals surface area contributed by atoms with Crippen LogP contribution in [0.4, 0.5) is 0 Å². The third-order valence-electron chi connectivity index (χ3n) is 1.00. The largest absolute Gasteiger partial charge is 0.478 e. The van der Waals surface area contributed by atoms with Crippen molar-refractivity contribution < 1.29 is 19.8 Å². The molecular weight excluding hydrogens is 148 g/mol. The van der Waals surface area contributed by atoms with Gasteiger partial charge < -0.3 is 10.2 Å². The second kappa shape index (κ2) is 3.55. The quantitative estimate of drug-likeness (QED) is 0.465. The van der Waals surface area contributed by atoms with E-state index in [-0.39, 0.29) is 11.1 Å². The Kier molecular flexibility index (Phi) is 3.04. The zero-order chi connectivity index (χ0) is 9.02. The van der Waals surface area contributed by atoms with Gasteiger partial charge in [-0.1, -0.05) is 6.58 Å². The van der Waals surface area contributed by atoms with Crippen LogP contribution in [-0.2, 0) is 9.59 Å². The second-order valence-corrected chi connectivity index (χ2v) is 1.96. The van der Waals surface area contributed by atoms with Crippen molar-refractivity contribution in [2.75, 3.05) is 0 Å². The molecule has 0 atom stereocenters. The van der Waals surface area contributed by atoms with Crippen LogP contribution in [0.1, 0.15) is 6.92 Å². The number of rotatable bonds is 3. The minimum absolute atomic E-state index is 0.0441. The lowest BCUT2D eigenvalue weighted by molar-refractivity contribution is -0.132. The molecule has 60 valence electrons. The highest BCUT2D eigenvalue weighted by Gasteiger charge is 2.04. The van der Waals surface area contributed by atoms with Gasteiger partial charge in [0.15, 0.2) is 0 Å². The van der Waals surface area contributed by atoms with Crippen molar-refractivity contribution in [2.45, 2.75) is 6.92 Å². The van der Waals surface area contributed by atoms with Gasteiger partial charge in [-0.15, -0.1) is 0 Å². The van der Waals surface area contributed by atoms with Crippen LogP contribution >= 0.6 is 0 Å². The molecule has 0 saturated heterocycles. The molecule has 0 radical (unpaired) electrons. The summed E-state index contributed by atoms with van der Waals surface area (Å²) < 4.78 is 0. The summed E-state index contributed by atoms with van der Waals surface area (Å²) in [4.78, 5) is 20.3. The second-order valence-electron chi connectivity index (χ2n) is 1.96. The summed E-state index contributed by atoms with van der Waals surface area (Å²) in [7, 11) is 0. The predicted molar refractivity (Wildman–Crippen MR) is 38.2 cm³/mol. The summed E-state index contributed by atoms with van der Waals surface area (Å²) >= 11 is 0. The Balaban J connectivity index is 4.44. The molecule has 4 heteroatoms. The summed E-state index contributed by atoms with van der Waals surface area (Å²) in [6.07, 6.45) is 1.00. The van der Waals surface area contributed by atoms with Crippen LogP contribution in [0.3, 0.4) is 0 Å². The lowest BCUT2D eigenvalue weighted by Crippen LogP contribution is -2.01. The van der Waals surface area contributed by atoms with E-state index in [0.29, 0.717) is 0 Å². The Labute approximate surface area is 63.5 Å². The normalized spacial score (nSPS) is 10.8. The van der Waals surface area contributed by atoms with Gasteiger partial charge in [0, 0.05) is 5.57 Å². The molecule has 0 rings (SSSR count). The highest BCUT2D eigenvalue weighted by Crippen LogP contribution is 1.99. The molecule has 0 amide bonds. The summed E-state index contributed by atoms with van der Waals surface area (Å²) in [6.45, 7) is 4.44. The van der Waals surface area contributed by atoms with Gasteiger partial charge in [-0.2, -0.15) is 0 Å². The van der Waals surface area contributed by atoms with Crippen LogP contribution in [0, 0.1) is 0 Å². The van der Waals surface area contributed by atoms with E-state index >= 15 is 0 Å². The molecule has 0 bridgehead atoms. The van der Waals surface area contributed by atoms with Crippen LogP contribution in [0.2, 0.25) is 0 Å². The van der Waals surface area contributed by atoms with E-state index in [1.807, 2.05) is 0 Å². The molecule has 0 fully saturated rings. The zero-order valence-corrected chi connectivity index (χ0v) is 6.00. The molecule has 4 nitrogen and oxygen atoms in total. The smallest absolute Gasteiger partial charge is 0.335 e. The van der Waals surface area contributed by atoms with Crippen LogP contribution in [-0.4, -0.2) is 22.2 Å². The minimum Gasteiger partial charge on any atom is -0.478 e. The fourth-order valence-electron chi connectivity index (χ4n) is 0.385. The van der Waals surface area contributed by atoms with Gasteiger partial charge in [0.05, 0.1) is 5.57 Å². The fraction of sp³-hybridized carbons (Fsp3) is 0.143. The van der Waals surface area contributed by atoms with E-state index in [1.165, 1.54) is 6.92 Å². The lowest BCUT2D eigenvalue weighted by atomic mass is 10.2. The Bertz CT molecular complexity index is 237. The topological polar surface area (TPSA) is 74.6 Å². The van der Waals surface area contributed by atoms with Gasteiger partial charge in [-0.05, 0) is 13.0 Å². The first-order valence-electron chi connectivity index (χ1n) is 2.79. The highest BCUT2D eigenvalue weighted by molar-refractivity contribution is 5.93. The Morgan fingerprint density at radius 2 is 1.73 bits per heavy atom. The van der Waals surface area contributed by atoms with Crippen LogP contribution in [0.25, 0.3) is 0 Å². The Morgan fingerprint density at radius 1 is 1.27 bits per heavy atom. The number of carboxylic acids is 2. The van der Waals surface area contributed by atoms with Crippen molar-refractivity contribution >= 4 is 11.9 Å². The van der Waals surface area contributed by atoms with E-state index in [2.05, 4.69) is 6.58 Å². The maximum atomic E-state index is 10.2. The summed E-state index contributed by atoms with van der Waals surface area (Å²) in [5.74, 6) is -2.36. The molecule has 0 heterocycles. The molecule has 0 aromatic carbocycles. The van der Waals surface area contributed by atoms with E-state index in [1.54, 1.807) is 0 Å². The molecule has 0 aromatic rings. The monoisotopic (exact) mass is 156 g/mol.